The number of nitrogens with zero attached hydrogens (tertiary/aromatic N) is 3. The molecule has 0 bridgehead atoms. The molecule has 0 radical (unpaired) electrons. The van der Waals surface area contributed by atoms with Crippen molar-refractivity contribution >= 4 is 8.80 Å². The summed E-state index contributed by atoms with van der Waals surface area (Å²) in [4.78, 5) is 7.77. The molecule has 0 saturated heterocycles. The summed E-state index contributed by atoms with van der Waals surface area (Å²) in [7, 11) is 2.66. The molecule has 0 spiro atoms. The summed E-state index contributed by atoms with van der Waals surface area (Å²) in [5.74, 6) is 0. The first-order chi connectivity index (χ1) is 14.0. The van der Waals surface area contributed by atoms with Gasteiger partial charge in [0.25, 0.3) is 0 Å². The third kappa shape index (κ3) is 13.1. The maximum Gasteiger partial charge on any atom is 0.500 e. The summed E-state index contributed by atoms with van der Waals surface area (Å²) >= 11 is 0. The van der Waals surface area contributed by atoms with E-state index in [4.69, 9.17) is 13.3 Å². The molecule has 0 unspecified atom stereocenters. The molecule has 0 aliphatic carbocycles. The molecule has 0 amide bonds. The summed E-state index contributed by atoms with van der Waals surface area (Å²) in [6.45, 7) is 19.6. The summed E-state index contributed by atoms with van der Waals surface area (Å²) in [6.07, 6.45) is 6.00. The first kappa shape index (κ1) is 29.0. The van der Waals surface area contributed by atoms with Gasteiger partial charge in [0.2, 0.25) is 0 Å². The van der Waals surface area contributed by atoms with Crippen LogP contribution in [0.4, 0.5) is 0 Å². The lowest BCUT2D eigenvalue weighted by Crippen LogP contribution is -2.43. The molecule has 0 aromatic carbocycles. The van der Waals surface area contributed by atoms with Crippen LogP contribution in [0.3, 0.4) is 0 Å². The van der Waals surface area contributed by atoms with E-state index in [0.29, 0.717) is 0 Å². The van der Waals surface area contributed by atoms with Gasteiger partial charge in [0, 0.05) is 27.4 Å². The van der Waals surface area contributed by atoms with E-state index in [1.54, 1.807) is 21.3 Å². The van der Waals surface area contributed by atoms with E-state index < -0.39 is 8.80 Å². The Kier molecular flexibility index (Phi) is 18.7. The van der Waals surface area contributed by atoms with Gasteiger partial charge in [-0.1, -0.05) is 27.7 Å². The van der Waals surface area contributed by atoms with Crippen LogP contribution in [0, 0.1) is 0 Å². The van der Waals surface area contributed by atoms with Crippen molar-refractivity contribution in [3.8, 4) is 0 Å². The normalized spacial score (nSPS) is 12.6. The largest absolute Gasteiger partial charge is 0.500 e. The lowest BCUT2D eigenvalue weighted by molar-refractivity contribution is 0.121. The molecule has 0 aliphatic rings. The average Bonchev–Trinajstić information content (AvgIpc) is 2.75. The number of rotatable bonds is 21. The van der Waals surface area contributed by atoms with Crippen molar-refractivity contribution in [1.82, 2.24) is 14.7 Å². The van der Waals surface area contributed by atoms with E-state index in [1.807, 2.05) is 0 Å². The Morgan fingerprint density at radius 1 is 0.517 bits per heavy atom. The lowest BCUT2D eigenvalue weighted by Gasteiger charge is -2.28. The van der Waals surface area contributed by atoms with Crippen molar-refractivity contribution in [3.63, 3.8) is 0 Å². The molecule has 29 heavy (non-hydrogen) atoms. The second-order valence-corrected chi connectivity index (χ2v) is 10.9. The van der Waals surface area contributed by atoms with E-state index in [2.05, 4.69) is 42.4 Å². The molecule has 0 saturated carbocycles. The van der Waals surface area contributed by atoms with E-state index in [9.17, 15) is 0 Å². The van der Waals surface area contributed by atoms with Crippen molar-refractivity contribution in [2.24, 2.45) is 0 Å². The zero-order valence-electron chi connectivity index (χ0n) is 20.7. The van der Waals surface area contributed by atoms with Crippen LogP contribution < -0.4 is 0 Å². The Morgan fingerprint density at radius 2 is 0.897 bits per heavy atom. The Labute approximate surface area is 183 Å². The van der Waals surface area contributed by atoms with E-state index in [0.717, 1.165) is 32.1 Å². The van der Waals surface area contributed by atoms with Crippen LogP contribution in [-0.4, -0.2) is 104 Å². The third-order valence-electron chi connectivity index (χ3n) is 5.76. The Balaban J connectivity index is 4.56. The highest BCUT2D eigenvalue weighted by molar-refractivity contribution is 6.60. The van der Waals surface area contributed by atoms with Crippen LogP contribution >= 0.6 is 0 Å². The van der Waals surface area contributed by atoms with E-state index >= 15 is 0 Å². The van der Waals surface area contributed by atoms with Gasteiger partial charge < -0.3 is 28.0 Å². The quantitative estimate of drug-likeness (QED) is 0.256. The minimum absolute atomic E-state index is 0.876. The van der Waals surface area contributed by atoms with Gasteiger partial charge >= 0.3 is 8.80 Å². The van der Waals surface area contributed by atoms with Gasteiger partial charge in [0.15, 0.2) is 0 Å². The highest BCUT2D eigenvalue weighted by atomic mass is 28.4. The van der Waals surface area contributed by atoms with Crippen molar-refractivity contribution in [1.29, 1.82) is 0 Å². The predicted octanol–water partition coefficient (Wildman–Crippen LogP) is 3.80. The molecule has 0 fully saturated rings. The zero-order chi connectivity index (χ0) is 22.0. The molecule has 0 aliphatic heterocycles. The van der Waals surface area contributed by atoms with Crippen LogP contribution in [0.25, 0.3) is 0 Å². The van der Waals surface area contributed by atoms with E-state index in [1.165, 1.54) is 65.0 Å². The van der Waals surface area contributed by atoms with E-state index in [-0.39, 0.29) is 0 Å². The standard InChI is InChI=1S/C22H51N3O3Si/c1-8-15-23(10-3)17-12-19-25(20-13-18-24(11-4)16-9-2)21-14-22-29(26-5,27-6)28-7/h8-22H2,1-7H3. The van der Waals surface area contributed by atoms with Crippen LogP contribution in [0.2, 0.25) is 6.04 Å². The van der Waals surface area contributed by atoms with Crippen molar-refractivity contribution in [3.05, 3.63) is 0 Å². The van der Waals surface area contributed by atoms with Crippen LogP contribution in [0.5, 0.6) is 0 Å². The highest BCUT2D eigenvalue weighted by Gasteiger charge is 2.37. The van der Waals surface area contributed by atoms with Crippen molar-refractivity contribution in [2.75, 3.05) is 80.2 Å². The molecule has 0 atom stereocenters. The highest BCUT2D eigenvalue weighted by Crippen LogP contribution is 2.15. The zero-order valence-corrected chi connectivity index (χ0v) is 21.7. The van der Waals surface area contributed by atoms with Crippen LogP contribution in [0.15, 0.2) is 0 Å². The lowest BCUT2D eigenvalue weighted by atomic mass is 10.2. The first-order valence-electron chi connectivity index (χ1n) is 11.9. The molecule has 6 nitrogen and oxygen atoms in total. The topological polar surface area (TPSA) is 37.4 Å². The predicted molar refractivity (Wildman–Crippen MR) is 127 cm³/mol. The van der Waals surface area contributed by atoms with Crippen molar-refractivity contribution in [2.45, 2.75) is 65.8 Å². The molecule has 0 aromatic rings. The minimum Gasteiger partial charge on any atom is -0.377 e. The summed E-state index contributed by atoms with van der Waals surface area (Å²) in [5.41, 5.74) is 0. The fourth-order valence-corrected chi connectivity index (χ4v) is 5.64. The molecule has 0 N–H and O–H groups in total. The Hall–Kier alpha value is -0.0231. The average molecular weight is 434 g/mol. The SMILES string of the molecule is CCCN(CC)CCCN(CCCN(CC)CCC)CCC[Si](OC)(OC)OC. The molecule has 176 valence electrons. The Morgan fingerprint density at radius 3 is 1.24 bits per heavy atom. The first-order valence-corrected chi connectivity index (χ1v) is 13.8. The maximum atomic E-state index is 5.59. The van der Waals surface area contributed by atoms with Gasteiger partial charge in [0.05, 0.1) is 0 Å². The van der Waals surface area contributed by atoms with Gasteiger partial charge in [-0.2, -0.15) is 0 Å². The third-order valence-corrected chi connectivity index (χ3v) is 8.59. The van der Waals surface area contributed by atoms with Crippen LogP contribution in [-0.2, 0) is 13.3 Å². The Bertz CT molecular complexity index is 332. The van der Waals surface area contributed by atoms with Crippen molar-refractivity contribution < 1.29 is 13.3 Å². The molecular formula is C22H51N3O3Si. The van der Waals surface area contributed by atoms with Gasteiger partial charge in [0.1, 0.15) is 0 Å². The van der Waals surface area contributed by atoms with Gasteiger partial charge in [-0.15, -0.1) is 0 Å². The van der Waals surface area contributed by atoms with Crippen LogP contribution in [0.1, 0.15) is 59.8 Å². The fraction of sp³-hybridized carbons (Fsp3) is 1.00. The smallest absolute Gasteiger partial charge is 0.377 e. The number of hydrogen-bond donors (Lipinski definition) is 0. The molecule has 7 heteroatoms. The van der Waals surface area contributed by atoms with Gasteiger partial charge in [-0.3, -0.25) is 0 Å². The second kappa shape index (κ2) is 18.7. The fourth-order valence-electron chi connectivity index (χ4n) is 3.94. The van der Waals surface area contributed by atoms with Gasteiger partial charge in [-0.05, 0) is 91.0 Å². The monoisotopic (exact) mass is 433 g/mol. The minimum atomic E-state index is -2.46. The van der Waals surface area contributed by atoms with Gasteiger partial charge in [-0.25, -0.2) is 0 Å². The maximum absolute atomic E-state index is 5.59. The summed E-state index contributed by atoms with van der Waals surface area (Å²) in [6, 6.07) is 0.876. The summed E-state index contributed by atoms with van der Waals surface area (Å²) < 4.78 is 16.8. The molecule has 0 rings (SSSR count). The molecule has 0 heterocycles. The second-order valence-electron chi connectivity index (χ2n) is 7.82. The molecular weight excluding hydrogens is 382 g/mol. The molecule has 0 aromatic heterocycles. The summed E-state index contributed by atoms with van der Waals surface area (Å²) in [5, 5.41) is 0. The number of hydrogen-bond acceptors (Lipinski definition) is 6.